The van der Waals surface area contributed by atoms with Crippen LogP contribution in [0.25, 0.3) is 0 Å². The van der Waals surface area contributed by atoms with Gasteiger partial charge in [0.05, 0.1) is 13.1 Å². The van der Waals surface area contributed by atoms with Crippen LogP contribution in [-0.4, -0.2) is 149 Å². The summed E-state index contributed by atoms with van der Waals surface area (Å²) < 4.78 is 0. The van der Waals surface area contributed by atoms with Crippen LogP contribution in [0, 0.1) is 29.6 Å². The number of nitrogens with zero attached hydrogens (tertiary/aromatic N) is 1. The molecule has 0 saturated carbocycles. The first-order valence-electron chi connectivity index (χ1n) is 24.4. The smallest absolute Gasteiger partial charge is 0.326 e. The number of hydrogen-bond donors (Lipinski definition) is 14. The number of carboxylic acids is 2. The maximum Gasteiger partial charge on any atom is 0.326 e. The summed E-state index contributed by atoms with van der Waals surface area (Å²) in [5.74, 6) is -12.0. The monoisotopic (exact) mass is 1030 g/mol. The van der Waals surface area contributed by atoms with Crippen molar-refractivity contribution in [3.8, 4) is 0 Å². The molecule has 10 atom stereocenters. The minimum Gasteiger partial charge on any atom is -0.481 e. The molecule has 0 fully saturated rings. The molecule has 72 heavy (non-hydrogen) atoms. The lowest BCUT2D eigenvalue weighted by Crippen LogP contribution is -2.61. The minimum atomic E-state index is -1.55. The van der Waals surface area contributed by atoms with Gasteiger partial charge in [0.2, 0.25) is 53.2 Å². The zero-order chi connectivity index (χ0) is 55.6. The summed E-state index contributed by atoms with van der Waals surface area (Å²) in [6, 6.07) is -10.3. The first-order chi connectivity index (χ1) is 33.5. The van der Waals surface area contributed by atoms with E-state index in [-0.39, 0.29) is 50.1 Å². The van der Waals surface area contributed by atoms with Crippen molar-refractivity contribution in [2.45, 2.75) is 169 Å². The Kier molecular flexibility index (Phi) is 30.1. The molecule has 9 amide bonds. The summed E-state index contributed by atoms with van der Waals surface area (Å²) in [7, 11) is 0. The second kappa shape index (κ2) is 33.1. The fraction of sp³-hybridized carbons (Fsp3) is 0.739. The maximum atomic E-state index is 14.1. The van der Waals surface area contributed by atoms with Gasteiger partial charge in [0, 0.05) is 13.0 Å². The number of aliphatic carboxylic acids is 2. The second-order valence-corrected chi connectivity index (χ2v) is 19.0. The van der Waals surface area contributed by atoms with Gasteiger partial charge in [0.25, 0.3) is 0 Å². The Morgan fingerprint density at radius 1 is 0.514 bits per heavy atom. The Balaban J connectivity index is 6.51. The van der Waals surface area contributed by atoms with Crippen molar-refractivity contribution in [3.05, 3.63) is 0 Å². The average molecular weight is 1030 g/mol. The molecule has 26 heteroatoms. The average Bonchev–Trinajstić information content (AvgIpc) is 3.30. The van der Waals surface area contributed by atoms with Crippen LogP contribution in [0.2, 0.25) is 0 Å². The normalized spacial score (nSPS) is 15.3. The third-order valence-corrected chi connectivity index (χ3v) is 11.7. The molecule has 26 nitrogen and oxygen atoms in total. The summed E-state index contributed by atoms with van der Waals surface area (Å²) >= 11 is 0. The van der Waals surface area contributed by atoms with Crippen LogP contribution in [0.15, 0.2) is 4.99 Å². The lowest BCUT2D eigenvalue weighted by molar-refractivity contribution is -0.143. The van der Waals surface area contributed by atoms with Crippen molar-refractivity contribution < 1.29 is 63.0 Å². The highest BCUT2D eigenvalue weighted by atomic mass is 16.4. The Morgan fingerprint density at radius 3 is 1.44 bits per heavy atom. The Morgan fingerprint density at radius 2 is 0.972 bits per heavy atom. The van der Waals surface area contributed by atoms with Gasteiger partial charge in [-0.05, 0) is 62.2 Å². The van der Waals surface area contributed by atoms with E-state index in [2.05, 4.69) is 52.8 Å². The van der Waals surface area contributed by atoms with E-state index in [1.165, 1.54) is 6.92 Å². The predicted octanol–water partition coefficient (Wildman–Crippen LogP) is -2.59. The minimum absolute atomic E-state index is 0.0381. The summed E-state index contributed by atoms with van der Waals surface area (Å²) in [4.78, 5) is 148. The van der Waals surface area contributed by atoms with E-state index < -0.39 is 151 Å². The molecule has 0 aromatic rings. The van der Waals surface area contributed by atoms with Gasteiger partial charge in [0.15, 0.2) is 5.96 Å². The lowest BCUT2D eigenvalue weighted by Gasteiger charge is -2.30. The van der Waals surface area contributed by atoms with Crippen molar-refractivity contribution in [3.63, 3.8) is 0 Å². The van der Waals surface area contributed by atoms with E-state index >= 15 is 0 Å². The van der Waals surface area contributed by atoms with Crippen LogP contribution in [0.4, 0.5) is 0 Å². The van der Waals surface area contributed by atoms with Crippen LogP contribution in [0.1, 0.15) is 121 Å². The number of rotatable bonds is 34. The van der Waals surface area contributed by atoms with Crippen LogP contribution in [-0.2, 0) is 52.7 Å². The van der Waals surface area contributed by atoms with Crippen LogP contribution in [0.3, 0.4) is 0 Å². The third kappa shape index (κ3) is 24.5. The molecular formula is C46H83N13O13. The molecule has 0 unspecified atom stereocenters. The van der Waals surface area contributed by atoms with E-state index in [1.54, 1.807) is 69.2 Å². The number of amides is 9. The number of carbonyl (C=O) groups is 11. The molecule has 17 N–H and O–H groups in total. The number of carbonyl (C=O) groups excluding carboxylic acids is 9. The summed E-state index contributed by atoms with van der Waals surface area (Å²) in [5, 5.41) is 41.7. The van der Waals surface area contributed by atoms with Crippen molar-refractivity contribution in [2.75, 3.05) is 19.6 Å². The van der Waals surface area contributed by atoms with Crippen molar-refractivity contribution in [1.82, 2.24) is 47.9 Å². The van der Waals surface area contributed by atoms with Crippen LogP contribution >= 0.6 is 0 Å². The standard InChI is InChI=1S/C46H83N13O13/c1-12-25(9)36(59-42(68)34(23(5)6)56-31(60)20-47)43(69)52-27(11)38(64)53-29(16-17-33(62)63)40(66)58-37(26(10)13-2)44(70)55-30(19-22(3)4)41(67)54-28(15-14-18-50-46(48)49)39(65)51-21-32(61)57-35(24(7)8)45(71)72/h22-30,34-37H,12-21,47H2,1-11H3,(H,51,65)(H,52,69)(H,53,64)(H,54,67)(H,55,70)(H,56,60)(H,57,61)(H,58,66)(H,59,68)(H,62,63)(H,71,72)(H4,48,49,50)/t25-,26-,27-,28-,29-,30-,34-,35-,36-,37-/m0/s1. The second-order valence-electron chi connectivity index (χ2n) is 19.0. The van der Waals surface area contributed by atoms with Gasteiger partial charge in [-0.15, -0.1) is 0 Å². The third-order valence-electron chi connectivity index (χ3n) is 11.7. The topological polar surface area (TPSA) is 427 Å². The van der Waals surface area contributed by atoms with Gasteiger partial charge in [-0.1, -0.05) is 82.1 Å². The number of hydrogen-bond acceptors (Lipinski definition) is 13. The van der Waals surface area contributed by atoms with E-state index in [0.29, 0.717) is 12.8 Å². The highest BCUT2D eigenvalue weighted by Crippen LogP contribution is 2.14. The largest absolute Gasteiger partial charge is 0.481 e. The first kappa shape index (κ1) is 65.4. The number of guanidine groups is 1. The molecule has 0 aromatic carbocycles. The Bertz CT molecular complexity index is 1890. The van der Waals surface area contributed by atoms with Gasteiger partial charge in [-0.2, -0.15) is 0 Å². The summed E-state index contributed by atoms with van der Waals surface area (Å²) in [6.07, 6.45) is -0.116. The molecule has 0 aliphatic rings. The van der Waals surface area contributed by atoms with Crippen molar-refractivity contribution >= 4 is 71.1 Å². The number of carboxylic acid groups (broad SMARTS) is 2. The number of nitrogens with one attached hydrogen (secondary N) is 9. The van der Waals surface area contributed by atoms with Crippen LogP contribution in [0.5, 0.6) is 0 Å². The van der Waals surface area contributed by atoms with E-state index in [0.717, 1.165) is 0 Å². The van der Waals surface area contributed by atoms with Gasteiger partial charge in [0.1, 0.15) is 48.3 Å². The first-order valence-corrected chi connectivity index (χ1v) is 24.4. The molecule has 0 bridgehead atoms. The molecule has 0 spiro atoms. The van der Waals surface area contributed by atoms with Crippen LogP contribution < -0.4 is 65.1 Å². The highest BCUT2D eigenvalue weighted by molar-refractivity contribution is 5.98. The molecule has 0 heterocycles. The SMILES string of the molecule is CC[C@H](C)[C@H](NC(=O)[C@H](CCC(=O)O)NC(=O)[C@H](C)NC(=O)[C@@H](NC(=O)[C@@H](NC(=O)CN)C(C)C)[C@@H](C)CC)C(=O)N[C@@H](CC(C)C)C(=O)N[C@@H](CCCN=C(N)N)C(=O)NCC(=O)N[C@H](C(=O)O)C(C)C. The van der Waals surface area contributed by atoms with E-state index in [1.807, 2.05) is 0 Å². The quantitative estimate of drug-likeness (QED) is 0.0179. The zero-order valence-corrected chi connectivity index (χ0v) is 43.6. The Labute approximate surface area is 421 Å². The molecule has 0 aliphatic heterocycles. The van der Waals surface area contributed by atoms with Crippen molar-refractivity contribution in [1.29, 1.82) is 0 Å². The van der Waals surface area contributed by atoms with Gasteiger partial charge >= 0.3 is 11.9 Å². The maximum absolute atomic E-state index is 14.1. The highest BCUT2D eigenvalue weighted by Gasteiger charge is 2.36. The fourth-order valence-electron chi connectivity index (χ4n) is 6.91. The fourth-order valence-corrected chi connectivity index (χ4v) is 6.91. The van der Waals surface area contributed by atoms with E-state index in [4.69, 9.17) is 17.2 Å². The summed E-state index contributed by atoms with van der Waals surface area (Å²) in [6.45, 7) is 17.3. The molecular weight excluding hydrogens is 943 g/mol. The molecule has 0 rings (SSSR count). The molecule has 410 valence electrons. The molecule has 0 aromatic heterocycles. The predicted molar refractivity (Wildman–Crippen MR) is 266 cm³/mol. The zero-order valence-electron chi connectivity index (χ0n) is 43.6. The molecule has 0 saturated heterocycles. The number of aliphatic imine (C=N–C) groups is 1. The van der Waals surface area contributed by atoms with Gasteiger partial charge in [-0.25, -0.2) is 4.79 Å². The molecule has 0 radical (unpaired) electrons. The van der Waals surface area contributed by atoms with E-state index in [9.17, 15) is 63.0 Å². The number of nitrogens with two attached hydrogens (primary N) is 3. The Hall–Kier alpha value is -6.60. The van der Waals surface area contributed by atoms with Gasteiger partial charge in [-0.3, -0.25) is 52.9 Å². The summed E-state index contributed by atoms with van der Waals surface area (Å²) in [5.41, 5.74) is 16.3. The van der Waals surface area contributed by atoms with Crippen molar-refractivity contribution in [2.24, 2.45) is 51.8 Å². The lowest BCUT2D eigenvalue weighted by atomic mass is 9.96. The molecule has 0 aliphatic carbocycles. The van der Waals surface area contributed by atoms with Gasteiger partial charge < -0.3 is 75.3 Å².